The Kier molecular flexibility index (Phi) is 5.89. The molecule has 26 heavy (non-hydrogen) atoms. The van der Waals surface area contributed by atoms with Gasteiger partial charge in [-0.15, -0.1) is 0 Å². The number of thiocarbonyl (C=S) groups is 1. The fraction of sp³-hybridized carbons (Fsp3) is 0. The SMILES string of the molecule is O=C(NC(=S)Nc1cc(Cl)cc(Cl)c1)c1ccc(-c2ccccc2)cc1. The Morgan fingerprint density at radius 3 is 2.00 bits per heavy atom. The molecule has 0 aliphatic heterocycles. The summed E-state index contributed by atoms with van der Waals surface area (Å²) in [6, 6.07) is 22.2. The number of halogens is 2. The Morgan fingerprint density at radius 1 is 0.808 bits per heavy atom. The molecule has 3 aromatic carbocycles. The second-order valence-electron chi connectivity index (χ2n) is 5.51. The van der Waals surface area contributed by atoms with E-state index in [9.17, 15) is 4.79 Å². The molecule has 0 fully saturated rings. The van der Waals surface area contributed by atoms with Gasteiger partial charge in [0.25, 0.3) is 5.91 Å². The lowest BCUT2D eigenvalue weighted by molar-refractivity contribution is 0.0978. The third-order valence-electron chi connectivity index (χ3n) is 3.60. The molecule has 0 saturated carbocycles. The van der Waals surface area contributed by atoms with E-state index in [2.05, 4.69) is 10.6 Å². The number of carbonyl (C=O) groups is 1. The van der Waals surface area contributed by atoms with Crippen LogP contribution in [0.25, 0.3) is 11.1 Å². The number of hydrogen-bond acceptors (Lipinski definition) is 2. The maximum atomic E-state index is 12.3. The zero-order valence-corrected chi connectivity index (χ0v) is 15.8. The number of amides is 1. The first-order valence-electron chi connectivity index (χ1n) is 7.75. The summed E-state index contributed by atoms with van der Waals surface area (Å²) in [6.45, 7) is 0. The number of carbonyl (C=O) groups excluding carboxylic acids is 1. The van der Waals surface area contributed by atoms with Gasteiger partial charge in [0.15, 0.2) is 5.11 Å². The minimum atomic E-state index is -0.296. The van der Waals surface area contributed by atoms with E-state index in [0.29, 0.717) is 21.3 Å². The molecule has 0 aliphatic carbocycles. The second kappa shape index (κ2) is 8.32. The van der Waals surface area contributed by atoms with E-state index >= 15 is 0 Å². The maximum absolute atomic E-state index is 12.3. The highest BCUT2D eigenvalue weighted by atomic mass is 35.5. The molecule has 0 saturated heterocycles. The summed E-state index contributed by atoms with van der Waals surface area (Å²) in [5.41, 5.74) is 3.25. The first-order valence-corrected chi connectivity index (χ1v) is 8.91. The fourth-order valence-corrected chi connectivity index (χ4v) is 3.14. The van der Waals surface area contributed by atoms with E-state index in [0.717, 1.165) is 11.1 Å². The van der Waals surface area contributed by atoms with Crippen LogP contribution in [0.5, 0.6) is 0 Å². The highest BCUT2D eigenvalue weighted by Gasteiger charge is 2.09. The van der Waals surface area contributed by atoms with Crippen molar-refractivity contribution in [1.82, 2.24) is 5.32 Å². The van der Waals surface area contributed by atoms with Gasteiger partial charge in [-0.1, -0.05) is 65.7 Å². The monoisotopic (exact) mass is 400 g/mol. The van der Waals surface area contributed by atoms with Crippen molar-refractivity contribution >= 4 is 52.1 Å². The average Bonchev–Trinajstić information content (AvgIpc) is 2.61. The smallest absolute Gasteiger partial charge is 0.257 e. The van der Waals surface area contributed by atoms with Gasteiger partial charge in [0.1, 0.15) is 0 Å². The van der Waals surface area contributed by atoms with Crippen molar-refractivity contribution in [3.05, 3.63) is 88.4 Å². The predicted molar refractivity (Wildman–Crippen MR) is 112 cm³/mol. The summed E-state index contributed by atoms with van der Waals surface area (Å²) >= 11 is 17.1. The Morgan fingerprint density at radius 2 is 1.38 bits per heavy atom. The average molecular weight is 401 g/mol. The van der Waals surface area contributed by atoms with Crippen molar-refractivity contribution in [3.8, 4) is 11.1 Å². The molecule has 0 aliphatic rings. The van der Waals surface area contributed by atoms with E-state index in [-0.39, 0.29) is 11.0 Å². The second-order valence-corrected chi connectivity index (χ2v) is 6.79. The number of hydrogen-bond donors (Lipinski definition) is 2. The summed E-state index contributed by atoms with van der Waals surface area (Å²) in [4.78, 5) is 12.3. The van der Waals surface area contributed by atoms with Gasteiger partial charge in [-0.2, -0.15) is 0 Å². The lowest BCUT2D eigenvalue weighted by Gasteiger charge is -2.10. The number of nitrogens with one attached hydrogen (secondary N) is 2. The van der Waals surface area contributed by atoms with E-state index < -0.39 is 0 Å². The van der Waals surface area contributed by atoms with E-state index in [4.69, 9.17) is 35.4 Å². The number of rotatable bonds is 3. The summed E-state index contributed by atoms with van der Waals surface area (Å²) in [5, 5.41) is 6.65. The lowest BCUT2D eigenvalue weighted by Crippen LogP contribution is -2.34. The Labute approximate surface area is 167 Å². The van der Waals surface area contributed by atoms with Gasteiger partial charge in [-0.3, -0.25) is 10.1 Å². The van der Waals surface area contributed by atoms with E-state index in [1.807, 2.05) is 42.5 Å². The summed E-state index contributed by atoms with van der Waals surface area (Å²) in [6.07, 6.45) is 0. The largest absolute Gasteiger partial charge is 0.332 e. The molecule has 0 heterocycles. The van der Waals surface area contributed by atoms with Crippen LogP contribution in [0.1, 0.15) is 10.4 Å². The molecule has 0 atom stereocenters. The molecular weight excluding hydrogens is 387 g/mol. The molecule has 1 amide bonds. The standard InChI is InChI=1S/C20H14Cl2N2OS/c21-16-10-17(22)12-18(11-16)23-20(26)24-19(25)15-8-6-14(7-9-15)13-4-2-1-3-5-13/h1-12H,(H2,23,24,25,26). The Hall–Kier alpha value is -2.40. The molecule has 0 unspecified atom stereocenters. The maximum Gasteiger partial charge on any atom is 0.257 e. The van der Waals surface area contributed by atoms with Crippen molar-refractivity contribution < 1.29 is 4.79 Å². The topological polar surface area (TPSA) is 41.1 Å². The minimum Gasteiger partial charge on any atom is -0.332 e. The zero-order chi connectivity index (χ0) is 18.5. The van der Waals surface area contributed by atoms with E-state index in [1.54, 1.807) is 30.3 Å². The molecule has 0 spiro atoms. The van der Waals surface area contributed by atoms with Gasteiger partial charge in [-0.25, -0.2) is 0 Å². The molecule has 130 valence electrons. The fourth-order valence-electron chi connectivity index (χ4n) is 2.41. The molecule has 3 aromatic rings. The third-order valence-corrected chi connectivity index (χ3v) is 4.24. The van der Waals surface area contributed by atoms with Crippen molar-refractivity contribution in [3.63, 3.8) is 0 Å². The highest BCUT2D eigenvalue weighted by Crippen LogP contribution is 2.22. The van der Waals surface area contributed by atoms with Crippen molar-refractivity contribution in [2.45, 2.75) is 0 Å². The van der Waals surface area contributed by atoms with Crippen LogP contribution in [0.15, 0.2) is 72.8 Å². The predicted octanol–water partition coefficient (Wildman–Crippen LogP) is 5.79. The first kappa shape index (κ1) is 18.4. The molecule has 2 N–H and O–H groups in total. The molecule has 0 radical (unpaired) electrons. The van der Waals surface area contributed by atoms with Crippen molar-refractivity contribution in [2.24, 2.45) is 0 Å². The van der Waals surface area contributed by atoms with Gasteiger partial charge in [-0.05, 0) is 53.7 Å². The van der Waals surface area contributed by atoms with E-state index in [1.165, 1.54) is 0 Å². The Balaban J connectivity index is 1.65. The minimum absolute atomic E-state index is 0.167. The molecule has 3 rings (SSSR count). The van der Waals surface area contributed by atoms with Crippen LogP contribution in [0, 0.1) is 0 Å². The van der Waals surface area contributed by atoms with Gasteiger partial charge in [0.2, 0.25) is 0 Å². The summed E-state index contributed by atoms with van der Waals surface area (Å²) in [5.74, 6) is -0.296. The quantitative estimate of drug-likeness (QED) is 0.546. The third kappa shape index (κ3) is 4.82. The van der Waals surface area contributed by atoms with Gasteiger partial charge < -0.3 is 5.32 Å². The van der Waals surface area contributed by atoms with Crippen LogP contribution in [0.4, 0.5) is 5.69 Å². The molecule has 6 heteroatoms. The molecule has 3 nitrogen and oxygen atoms in total. The van der Waals surface area contributed by atoms with Gasteiger partial charge >= 0.3 is 0 Å². The van der Waals surface area contributed by atoms with Crippen LogP contribution >= 0.6 is 35.4 Å². The molecular formula is C20H14Cl2N2OS. The van der Waals surface area contributed by atoms with Crippen LogP contribution in [-0.2, 0) is 0 Å². The Bertz CT molecular complexity index is 924. The molecule has 0 aromatic heterocycles. The van der Waals surface area contributed by atoms with Crippen LogP contribution in [-0.4, -0.2) is 11.0 Å². The number of benzene rings is 3. The highest BCUT2D eigenvalue weighted by molar-refractivity contribution is 7.80. The zero-order valence-electron chi connectivity index (χ0n) is 13.5. The summed E-state index contributed by atoms with van der Waals surface area (Å²) in [7, 11) is 0. The molecule has 0 bridgehead atoms. The van der Waals surface area contributed by atoms with Crippen molar-refractivity contribution in [1.29, 1.82) is 0 Å². The van der Waals surface area contributed by atoms with Crippen molar-refractivity contribution in [2.75, 3.05) is 5.32 Å². The first-order chi connectivity index (χ1) is 12.5. The van der Waals surface area contributed by atoms with Crippen LogP contribution in [0.3, 0.4) is 0 Å². The van der Waals surface area contributed by atoms with Gasteiger partial charge in [0, 0.05) is 21.3 Å². The van der Waals surface area contributed by atoms with Gasteiger partial charge in [0.05, 0.1) is 0 Å². The van der Waals surface area contributed by atoms with Crippen LogP contribution < -0.4 is 10.6 Å². The van der Waals surface area contributed by atoms with Crippen LogP contribution in [0.2, 0.25) is 10.0 Å². The lowest BCUT2D eigenvalue weighted by atomic mass is 10.0. The number of anilines is 1. The normalized spacial score (nSPS) is 10.2. The summed E-state index contributed by atoms with van der Waals surface area (Å²) < 4.78 is 0.